The molecule has 1 aliphatic rings. The SMILES string of the molecule is [O-]OOSC1CCCCC1. The van der Waals surface area contributed by atoms with Crippen LogP contribution in [0.2, 0.25) is 0 Å². The van der Waals surface area contributed by atoms with Crippen LogP contribution in [0.1, 0.15) is 32.1 Å². The van der Waals surface area contributed by atoms with Gasteiger partial charge in [-0.2, -0.15) is 4.33 Å². The summed E-state index contributed by atoms with van der Waals surface area (Å²) in [5.74, 6) is 0. The van der Waals surface area contributed by atoms with E-state index < -0.39 is 0 Å². The molecule has 0 aromatic carbocycles. The Morgan fingerprint density at radius 2 is 1.90 bits per heavy atom. The first-order chi connectivity index (χ1) is 4.93. The van der Waals surface area contributed by atoms with Gasteiger partial charge in [0.25, 0.3) is 0 Å². The van der Waals surface area contributed by atoms with Crippen molar-refractivity contribution in [3.8, 4) is 0 Å². The maximum atomic E-state index is 9.43. The Kier molecular flexibility index (Phi) is 4.13. The van der Waals surface area contributed by atoms with E-state index in [1.165, 1.54) is 19.3 Å². The predicted octanol–water partition coefficient (Wildman–Crippen LogP) is 1.19. The van der Waals surface area contributed by atoms with Crippen molar-refractivity contribution in [3.05, 3.63) is 0 Å². The molecule has 4 heteroatoms. The summed E-state index contributed by atoms with van der Waals surface area (Å²) in [7, 11) is 0. The van der Waals surface area contributed by atoms with E-state index in [0.29, 0.717) is 5.25 Å². The van der Waals surface area contributed by atoms with Gasteiger partial charge in [-0.15, -0.1) is 0 Å². The highest BCUT2D eigenvalue weighted by atomic mass is 32.2. The molecular weight excluding hydrogens is 152 g/mol. The van der Waals surface area contributed by atoms with E-state index in [4.69, 9.17) is 0 Å². The molecule has 0 aliphatic heterocycles. The first-order valence-electron chi connectivity index (χ1n) is 3.55. The molecule has 1 aliphatic carbocycles. The van der Waals surface area contributed by atoms with Crippen LogP contribution < -0.4 is 5.26 Å². The van der Waals surface area contributed by atoms with Gasteiger partial charge in [0.1, 0.15) is 0 Å². The van der Waals surface area contributed by atoms with E-state index in [2.05, 4.69) is 9.37 Å². The van der Waals surface area contributed by atoms with Gasteiger partial charge in [-0.3, -0.25) is 5.04 Å². The van der Waals surface area contributed by atoms with Gasteiger partial charge in [-0.05, 0) is 12.8 Å². The van der Waals surface area contributed by atoms with Crippen molar-refractivity contribution in [3.63, 3.8) is 0 Å². The van der Waals surface area contributed by atoms with Crippen molar-refractivity contribution in [2.45, 2.75) is 37.4 Å². The molecule has 0 bridgehead atoms. The summed E-state index contributed by atoms with van der Waals surface area (Å²) < 4.78 is 4.23. The largest absolute Gasteiger partial charge is 0.691 e. The van der Waals surface area contributed by atoms with Gasteiger partial charge in [-0.25, -0.2) is 0 Å². The topological polar surface area (TPSA) is 41.5 Å². The van der Waals surface area contributed by atoms with Gasteiger partial charge in [0, 0.05) is 17.3 Å². The minimum Gasteiger partial charge on any atom is -0.691 e. The van der Waals surface area contributed by atoms with E-state index >= 15 is 0 Å². The fourth-order valence-corrected chi connectivity index (χ4v) is 1.90. The summed E-state index contributed by atoms with van der Waals surface area (Å²) in [6.07, 6.45) is 6.11. The minimum atomic E-state index is 0.475. The molecule has 3 nitrogen and oxygen atoms in total. The maximum absolute atomic E-state index is 9.43. The van der Waals surface area contributed by atoms with Crippen molar-refractivity contribution in [1.29, 1.82) is 0 Å². The Morgan fingerprint density at radius 3 is 2.50 bits per heavy atom. The molecule has 0 unspecified atom stereocenters. The van der Waals surface area contributed by atoms with Crippen LogP contribution in [0, 0.1) is 0 Å². The molecular formula is C6H11O3S-. The first kappa shape index (κ1) is 8.33. The lowest BCUT2D eigenvalue weighted by Crippen LogP contribution is -2.10. The molecule has 60 valence electrons. The summed E-state index contributed by atoms with van der Waals surface area (Å²) in [5, 5.41) is 13.2. The molecule has 0 N–H and O–H groups in total. The zero-order valence-corrected chi connectivity index (χ0v) is 6.56. The third-order valence-corrected chi connectivity index (χ3v) is 2.63. The van der Waals surface area contributed by atoms with Gasteiger partial charge in [0.05, 0.1) is 0 Å². The van der Waals surface area contributed by atoms with E-state index in [1.807, 2.05) is 0 Å². The summed E-state index contributed by atoms with van der Waals surface area (Å²) in [4.78, 5) is 0. The second-order valence-corrected chi connectivity index (χ2v) is 3.49. The molecule has 0 radical (unpaired) electrons. The third kappa shape index (κ3) is 2.88. The molecule has 0 saturated heterocycles. The van der Waals surface area contributed by atoms with Gasteiger partial charge in [-0.1, -0.05) is 19.3 Å². The van der Waals surface area contributed by atoms with Crippen molar-refractivity contribution in [2.24, 2.45) is 0 Å². The monoisotopic (exact) mass is 163 g/mol. The summed E-state index contributed by atoms with van der Waals surface area (Å²) in [6.45, 7) is 0. The predicted molar refractivity (Wildman–Crippen MR) is 36.6 cm³/mol. The highest BCUT2D eigenvalue weighted by Crippen LogP contribution is 2.28. The maximum Gasteiger partial charge on any atom is 0.0342 e. The Labute approximate surface area is 64.8 Å². The lowest BCUT2D eigenvalue weighted by Gasteiger charge is -2.19. The lowest BCUT2D eigenvalue weighted by molar-refractivity contribution is -0.777. The lowest BCUT2D eigenvalue weighted by atomic mass is 10.0. The standard InChI is InChI=1S/C6H12O3S/c7-8-9-10-6-4-2-1-3-5-6/h6-7H,1-5H2/p-1. The summed E-state index contributed by atoms with van der Waals surface area (Å²) in [5.41, 5.74) is 0. The van der Waals surface area contributed by atoms with Gasteiger partial charge in [0.15, 0.2) is 0 Å². The van der Waals surface area contributed by atoms with E-state index in [0.717, 1.165) is 24.9 Å². The molecule has 1 rings (SSSR count). The molecule has 0 amide bonds. The number of rotatable bonds is 3. The molecule has 1 fully saturated rings. The Morgan fingerprint density at radius 1 is 1.20 bits per heavy atom. The van der Waals surface area contributed by atoms with E-state index in [1.54, 1.807) is 0 Å². The van der Waals surface area contributed by atoms with Crippen LogP contribution in [0.3, 0.4) is 0 Å². The Balaban J connectivity index is 2.02. The van der Waals surface area contributed by atoms with Crippen LogP contribution in [0.25, 0.3) is 0 Å². The molecule has 0 heterocycles. The molecule has 0 spiro atoms. The Hall–Kier alpha value is 0.230. The summed E-state index contributed by atoms with van der Waals surface area (Å²) >= 11 is 1.16. The zero-order chi connectivity index (χ0) is 7.23. The van der Waals surface area contributed by atoms with Crippen LogP contribution in [-0.4, -0.2) is 5.25 Å². The van der Waals surface area contributed by atoms with Gasteiger partial charge >= 0.3 is 0 Å². The molecule has 1 saturated carbocycles. The van der Waals surface area contributed by atoms with E-state index in [-0.39, 0.29) is 0 Å². The van der Waals surface area contributed by atoms with Crippen LogP contribution in [0.5, 0.6) is 0 Å². The molecule has 10 heavy (non-hydrogen) atoms. The van der Waals surface area contributed by atoms with Crippen LogP contribution in [0.4, 0.5) is 0 Å². The second kappa shape index (κ2) is 4.96. The minimum absolute atomic E-state index is 0.475. The fourth-order valence-electron chi connectivity index (χ4n) is 1.23. The Bertz CT molecular complexity index is 83.1. The third-order valence-electron chi connectivity index (χ3n) is 1.76. The average molecular weight is 163 g/mol. The first-order valence-corrected chi connectivity index (χ1v) is 4.36. The van der Waals surface area contributed by atoms with Crippen LogP contribution in [-0.2, 0) is 9.37 Å². The van der Waals surface area contributed by atoms with Crippen LogP contribution >= 0.6 is 12.0 Å². The number of hydrogen-bond acceptors (Lipinski definition) is 4. The molecule has 0 atom stereocenters. The van der Waals surface area contributed by atoms with Crippen molar-refractivity contribution < 1.29 is 14.6 Å². The summed E-state index contributed by atoms with van der Waals surface area (Å²) in [6, 6.07) is 0. The fraction of sp³-hybridized carbons (Fsp3) is 1.00. The highest BCUT2D eigenvalue weighted by Gasteiger charge is 2.14. The zero-order valence-electron chi connectivity index (χ0n) is 5.75. The highest BCUT2D eigenvalue weighted by molar-refractivity contribution is 7.95. The normalized spacial score (nSPS) is 21.3. The van der Waals surface area contributed by atoms with Crippen LogP contribution in [0.15, 0.2) is 0 Å². The molecule has 0 aromatic rings. The molecule has 0 aromatic heterocycles. The van der Waals surface area contributed by atoms with E-state index in [9.17, 15) is 5.26 Å². The van der Waals surface area contributed by atoms with Crippen molar-refractivity contribution >= 4 is 12.0 Å². The number of hydrogen-bond donors (Lipinski definition) is 0. The second-order valence-electron chi connectivity index (χ2n) is 2.49. The van der Waals surface area contributed by atoms with Crippen molar-refractivity contribution in [2.75, 3.05) is 0 Å². The van der Waals surface area contributed by atoms with Gasteiger partial charge in [0.2, 0.25) is 0 Å². The average Bonchev–Trinajstić information content (AvgIpc) is 2.03. The quantitative estimate of drug-likeness (QED) is 0.356. The van der Waals surface area contributed by atoms with Crippen molar-refractivity contribution in [1.82, 2.24) is 0 Å². The smallest absolute Gasteiger partial charge is 0.0342 e. The van der Waals surface area contributed by atoms with Gasteiger partial charge < -0.3 is 5.26 Å².